The second kappa shape index (κ2) is 9.25. The van der Waals surface area contributed by atoms with Gasteiger partial charge in [0.15, 0.2) is 6.29 Å². The fraction of sp³-hybridized carbons (Fsp3) is 0.571. The molecule has 22 heavy (non-hydrogen) atoms. The highest BCUT2D eigenvalue weighted by molar-refractivity contribution is 7.54. The Balaban J connectivity index is 3.02. The number of hydrogen-bond acceptors (Lipinski definition) is 7. The summed E-state index contributed by atoms with van der Waals surface area (Å²) < 4.78 is 38.4. The molecule has 8 heteroatoms. The molecule has 1 atom stereocenters. The third-order valence-corrected chi connectivity index (χ3v) is 5.39. The Hall–Kier alpha value is -0.950. The van der Waals surface area contributed by atoms with Crippen molar-refractivity contribution in [2.75, 3.05) is 42.1 Å². The van der Waals surface area contributed by atoms with E-state index in [4.69, 9.17) is 23.3 Å². The lowest BCUT2D eigenvalue weighted by molar-refractivity contribution is -0.0992. The molecule has 126 valence electrons. The number of hydrogen-bond donors (Lipinski definition) is 1. The lowest BCUT2D eigenvalue weighted by Gasteiger charge is -2.27. The maximum Gasteiger partial charge on any atom is 0.351 e. The van der Waals surface area contributed by atoms with Crippen LogP contribution in [0.25, 0.3) is 0 Å². The SMILES string of the molecule is COc1ccc(C(NCC(OC)OC)P(=O)(OC)OC)cc1. The molecule has 0 amide bonds. The molecule has 1 aromatic carbocycles. The molecule has 1 unspecified atom stereocenters. The van der Waals surface area contributed by atoms with Crippen LogP contribution < -0.4 is 10.1 Å². The van der Waals surface area contributed by atoms with Crippen LogP contribution in [0.4, 0.5) is 0 Å². The smallest absolute Gasteiger partial charge is 0.351 e. The summed E-state index contributed by atoms with van der Waals surface area (Å²) in [6, 6.07) is 7.17. The van der Waals surface area contributed by atoms with Crippen molar-refractivity contribution in [2.45, 2.75) is 12.1 Å². The summed E-state index contributed by atoms with van der Waals surface area (Å²) in [5.74, 6) is 0.0556. The van der Waals surface area contributed by atoms with Gasteiger partial charge in [-0.3, -0.25) is 9.88 Å². The fourth-order valence-corrected chi connectivity index (χ4v) is 3.39. The van der Waals surface area contributed by atoms with Crippen molar-refractivity contribution in [1.29, 1.82) is 0 Å². The summed E-state index contributed by atoms with van der Waals surface area (Å²) in [6.45, 7) is 0.320. The average molecular weight is 333 g/mol. The van der Waals surface area contributed by atoms with Gasteiger partial charge in [-0.2, -0.15) is 0 Å². The minimum Gasteiger partial charge on any atom is -0.497 e. The minimum atomic E-state index is -3.38. The monoisotopic (exact) mass is 333 g/mol. The fourth-order valence-electron chi connectivity index (χ4n) is 1.95. The van der Waals surface area contributed by atoms with E-state index in [1.54, 1.807) is 31.4 Å². The molecular weight excluding hydrogens is 309 g/mol. The predicted molar refractivity (Wildman–Crippen MR) is 83.2 cm³/mol. The van der Waals surface area contributed by atoms with Crippen molar-refractivity contribution >= 4 is 7.60 Å². The van der Waals surface area contributed by atoms with Crippen LogP contribution >= 0.6 is 7.60 Å². The van der Waals surface area contributed by atoms with E-state index in [2.05, 4.69) is 5.32 Å². The quantitative estimate of drug-likeness (QED) is 0.520. The topological polar surface area (TPSA) is 75.2 Å². The van der Waals surface area contributed by atoms with Gasteiger partial charge in [0.25, 0.3) is 0 Å². The third-order valence-electron chi connectivity index (χ3n) is 3.26. The zero-order chi connectivity index (χ0) is 16.6. The normalized spacial score (nSPS) is 13.4. The average Bonchev–Trinajstić information content (AvgIpc) is 2.58. The third kappa shape index (κ3) is 4.78. The van der Waals surface area contributed by atoms with Gasteiger partial charge in [0.05, 0.1) is 7.11 Å². The maximum atomic E-state index is 12.8. The molecule has 0 aliphatic heterocycles. The maximum absolute atomic E-state index is 12.8. The Labute approximate surface area is 131 Å². The number of ether oxygens (including phenoxy) is 3. The number of methoxy groups -OCH3 is 3. The largest absolute Gasteiger partial charge is 0.497 e. The molecule has 7 nitrogen and oxygen atoms in total. The van der Waals surface area contributed by atoms with E-state index in [0.29, 0.717) is 12.3 Å². The van der Waals surface area contributed by atoms with Gasteiger partial charge >= 0.3 is 7.60 Å². The lowest BCUT2D eigenvalue weighted by atomic mass is 10.2. The molecule has 0 radical (unpaired) electrons. The molecular formula is C14H24NO6P. The Morgan fingerprint density at radius 2 is 1.55 bits per heavy atom. The first-order valence-corrected chi connectivity index (χ1v) is 8.30. The molecule has 0 spiro atoms. The zero-order valence-electron chi connectivity index (χ0n) is 13.6. The van der Waals surface area contributed by atoms with Crippen LogP contribution in [0.15, 0.2) is 24.3 Å². The predicted octanol–water partition coefficient (Wildman–Crippen LogP) is 2.39. The van der Waals surface area contributed by atoms with E-state index in [9.17, 15) is 4.57 Å². The van der Waals surface area contributed by atoms with Crippen molar-refractivity contribution in [1.82, 2.24) is 5.32 Å². The van der Waals surface area contributed by atoms with Gasteiger partial charge in [-0.05, 0) is 17.7 Å². The van der Waals surface area contributed by atoms with Crippen molar-refractivity contribution in [2.24, 2.45) is 0 Å². The van der Waals surface area contributed by atoms with Crippen LogP contribution in [-0.2, 0) is 23.1 Å². The van der Waals surface area contributed by atoms with Crippen LogP contribution in [0.5, 0.6) is 5.75 Å². The van der Waals surface area contributed by atoms with Crippen molar-refractivity contribution in [3.05, 3.63) is 29.8 Å². The van der Waals surface area contributed by atoms with E-state index >= 15 is 0 Å². The van der Waals surface area contributed by atoms with Gasteiger partial charge in [-0.25, -0.2) is 0 Å². The highest BCUT2D eigenvalue weighted by atomic mass is 31.2. The van der Waals surface area contributed by atoms with E-state index in [-0.39, 0.29) is 0 Å². The van der Waals surface area contributed by atoms with Crippen molar-refractivity contribution in [3.63, 3.8) is 0 Å². The standard InChI is InChI=1S/C14H24NO6P/c1-17-12-8-6-11(7-9-12)14(22(16,20-4)21-5)15-10-13(18-2)19-3/h6-9,13-15H,10H2,1-5H3. The molecule has 0 heterocycles. The molecule has 1 N–H and O–H groups in total. The van der Waals surface area contributed by atoms with Gasteiger partial charge in [0.2, 0.25) is 0 Å². The Kier molecular flexibility index (Phi) is 8.03. The molecule has 0 aromatic heterocycles. The summed E-state index contributed by atoms with van der Waals surface area (Å²) in [5.41, 5.74) is 0.749. The Bertz CT molecular complexity index is 469. The number of benzene rings is 1. The van der Waals surface area contributed by atoms with E-state index < -0.39 is 19.7 Å². The Morgan fingerprint density at radius 1 is 1.00 bits per heavy atom. The van der Waals surface area contributed by atoms with Crippen LogP contribution in [-0.4, -0.2) is 48.4 Å². The van der Waals surface area contributed by atoms with E-state index in [1.807, 2.05) is 0 Å². The van der Waals surface area contributed by atoms with E-state index in [1.165, 1.54) is 28.4 Å². The van der Waals surface area contributed by atoms with Gasteiger partial charge < -0.3 is 23.3 Å². The first kappa shape index (κ1) is 19.1. The van der Waals surface area contributed by atoms with E-state index in [0.717, 1.165) is 5.56 Å². The van der Waals surface area contributed by atoms with Gasteiger partial charge in [0, 0.05) is 35.0 Å². The highest BCUT2D eigenvalue weighted by Gasteiger charge is 2.35. The lowest BCUT2D eigenvalue weighted by Crippen LogP contribution is -2.33. The van der Waals surface area contributed by atoms with Crippen LogP contribution in [0.1, 0.15) is 11.3 Å². The second-order valence-electron chi connectivity index (χ2n) is 4.39. The van der Waals surface area contributed by atoms with Gasteiger partial charge in [-0.15, -0.1) is 0 Å². The summed E-state index contributed by atoms with van der Waals surface area (Å²) >= 11 is 0. The van der Waals surface area contributed by atoms with Crippen LogP contribution in [0.2, 0.25) is 0 Å². The molecule has 0 saturated carbocycles. The van der Waals surface area contributed by atoms with Gasteiger partial charge in [-0.1, -0.05) is 12.1 Å². The van der Waals surface area contributed by atoms with Gasteiger partial charge in [0.1, 0.15) is 11.5 Å². The number of nitrogens with one attached hydrogen (secondary N) is 1. The van der Waals surface area contributed by atoms with Crippen molar-refractivity contribution < 1.29 is 27.8 Å². The molecule has 0 aliphatic carbocycles. The first-order chi connectivity index (χ1) is 10.5. The summed E-state index contributed by atoms with van der Waals surface area (Å²) in [7, 11) is 3.98. The summed E-state index contributed by atoms with van der Waals surface area (Å²) in [6.07, 6.45) is -0.470. The second-order valence-corrected chi connectivity index (χ2v) is 6.72. The molecule has 0 aliphatic rings. The zero-order valence-corrected chi connectivity index (χ0v) is 14.5. The number of rotatable bonds is 10. The first-order valence-electron chi connectivity index (χ1n) is 6.68. The molecule has 1 aromatic rings. The van der Waals surface area contributed by atoms with Crippen LogP contribution in [0.3, 0.4) is 0 Å². The van der Waals surface area contributed by atoms with Crippen LogP contribution in [0, 0.1) is 0 Å². The Morgan fingerprint density at radius 3 is 1.95 bits per heavy atom. The minimum absolute atomic E-state index is 0.320. The molecule has 0 fully saturated rings. The summed E-state index contributed by atoms with van der Waals surface area (Å²) in [5, 5.41) is 3.11. The molecule has 0 saturated heterocycles. The highest BCUT2D eigenvalue weighted by Crippen LogP contribution is 2.58. The van der Waals surface area contributed by atoms with Crippen molar-refractivity contribution in [3.8, 4) is 5.75 Å². The summed E-state index contributed by atoms with van der Waals surface area (Å²) in [4.78, 5) is 0. The molecule has 0 bridgehead atoms. The molecule has 1 rings (SSSR count).